The zero-order valence-electron chi connectivity index (χ0n) is 12.1. The van der Waals surface area contributed by atoms with E-state index in [1.807, 2.05) is 0 Å². The summed E-state index contributed by atoms with van der Waals surface area (Å²) in [6.45, 7) is 8.28. The molecule has 0 saturated heterocycles. The van der Waals surface area contributed by atoms with Crippen molar-refractivity contribution in [3.8, 4) is 0 Å². The predicted molar refractivity (Wildman–Crippen MR) is 75.7 cm³/mol. The Morgan fingerprint density at radius 1 is 1.39 bits per heavy atom. The number of hydrogen-bond acceptors (Lipinski definition) is 3. The maximum Gasteiger partial charge on any atom is 0.0897 e. The normalized spacial score (nSPS) is 25.8. The van der Waals surface area contributed by atoms with Crippen LogP contribution in [0.3, 0.4) is 0 Å². The van der Waals surface area contributed by atoms with Gasteiger partial charge in [-0.25, -0.2) is 0 Å². The second-order valence-corrected chi connectivity index (χ2v) is 5.73. The Kier molecular flexibility index (Phi) is 7.56. The van der Waals surface area contributed by atoms with Gasteiger partial charge in [0.1, 0.15) is 0 Å². The molecule has 0 aromatic rings. The fraction of sp³-hybridized carbons (Fsp3) is 0.867. The molecule has 1 aliphatic carbocycles. The molecular weight excluding hydrogens is 226 g/mol. The average Bonchev–Trinajstić information content (AvgIpc) is 2.33. The van der Waals surface area contributed by atoms with Crippen molar-refractivity contribution in [2.24, 2.45) is 5.92 Å². The Balaban J connectivity index is 2.08. The van der Waals surface area contributed by atoms with E-state index in [0.29, 0.717) is 25.2 Å². The molecule has 106 valence electrons. The molecule has 0 aromatic heterocycles. The Morgan fingerprint density at radius 3 is 2.78 bits per heavy atom. The maximum absolute atomic E-state index is 9.82. The van der Waals surface area contributed by atoms with Crippen molar-refractivity contribution in [3.05, 3.63) is 11.6 Å². The molecule has 3 unspecified atom stereocenters. The second-order valence-electron chi connectivity index (χ2n) is 5.73. The number of allylic oxidation sites excluding steroid dienone is 1. The van der Waals surface area contributed by atoms with Crippen LogP contribution in [0, 0.1) is 5.92 Å². The Labute approximate surface area is 112 Å². The van der Waals surface area contributed by atoms with Crippen LogP contribution < -0.4 is 5.32 Å². The van der Waals surface area contributed by atoms with Gasteiger partial charge in [-0.2, -0.15) is 0 Å². The van der Waals surface area contributed by atoms with Crippen LogP contribution in [0.15, 0.2) is 11.6 Å². The quantitative estimate of drug-likeness (QED) is 0.542. The summed E-state index contributed by atoms with van der Waals surface area (Å²) in [4.78, 5) is 0. The predicted octanol–water partition coefficient (Wildman–Crippen LogP) is 2.50. The van der Waals surface area contributed by atoms with Gasteiger partial charge in [-0.05, 0) is 32.6 Å². The fourth-order valence-electron chi connectivity index (χ4n) is 2.35. The molecule has 0 aromatic carbocycles. The highest BCUT2D eigenvalue weighted by Crippen LogP contribution is 2.26. The largest absolute Gasteiger partial charge is 0.389 e. The molecule has 0 aliphatic heterocycles. The van der Waals surface area contributed by atoms with Crippen molar-refractivity contribution in [2.45, 2.75) is 58.7 Å². The highest BCUT2D eigenvalue weighted by atomic mass is 16.5. The number of nitrogens with one attached hydrogen (secondary N) is 1. The van der Waals surface area contributed by atoms with Gasteiger partial charge < -0.3 is 15.2 Å². The molecule has 0 radical (unpaired) electrons. The van der Waals surface area contributed by atoms with Gasteiger partial charge >= 0.3 is 0 Å². The second kappa shape index (κ2) is 8.68. The minimum absolute atomic E-state index is 0.353. The third-order valence-electron chi connectivity index (χ3n) is 3.57. The molecule has 1 aliphatic rings. The zero-order valence-corrected chi connectivity index (χ0v) is 12.1. The molecule has 1 rings (SSSR count). The lowest BCUT2D eigenvalue weighted by Gasteiger charge is -2.29. The van der Waals surface area contributed by atoms with Gasteiger partial charge in [0.05, 0.1) is 18.8 Å². The zero-order chi connectivity index (χ0) is 13.4. The van der Waals surface area contributed by atoms with E-state index in [0.717, 1.165) is 13.0 Å². The lowest BCUT2D eigenvalue weighted by atomic mass is 9.88. The van der Waals surface area contributed by atoms with Crippen LogP contribution in [0.1, 0.15) is 46.5 Å². The standard InChI is InChI=1S/C15H29NO2/c1-12(2)8-9-16-10-14(17)11-18-15-7-5-4-6-13(15)3/h8,13-17H,4-7,9-11H2,1-3H3. The lowest BCUT2D eigenvalue weighted by molar-refractivity contribution is -0.0449. The minimum Gasteiger partial charge on any atom is -0.389 e. The molecule has 0 bridgehead atoms. The van der Waals surface area contributed by atoms with E-state index in [1.165, 1.54) is 24.8 Å². The van der Waals surface area contributed by atoms with Gasteiger partial charge in [0.25, 0.3) is 0 Å². The van der Waals surface area contributed by atoms with Crippen molar-refractivity contribution in [1.29, 1.82) is 0 Å². The number of hydrogen-bond donors (Lipinski definition) is 2. The molecule has 0 heterocycles. The highest BCUT2D eigenvalue weighted by Gasteiger charge is 2.22. The van der Waals surface area contributed by atoms with Crippen LogP contribution >= 0.6 is 0 Å². The summed E-state index contributed by atoms with van der Waals surface area (Å²) in [7, 11) is 0. The molecule has 3 atom stereocenters. The van der Waals surface area contributed by atoms with Crippen LogP contribution in [0.5, 0.6) is 0 Å². The van der Waals surface area contributed by atoms with Gasteiger partial charge in [0.15, 0.2) is 0 Å². The van der Waals surface area contributed by atoms with E-state index in [9.17, 15) is 5.11 Å². The molecule has 3 nitrogen and oxygen atoms in total. The Hall–Kier alpha value is -0.380. The van der Waals surface area contributed by atoms with Crippen LogP contribution in [-0.2, 0) is 4.74 Å². The van der Waals surface area contributed by atoms with E-state index in [-0.39, 0.29) is 0 Å². The number of ether oxygens (including phenoxy) is 1. The first kappa shape index (κ1) is 15.7. The summed E-state index contributed by atoms with van der Waals surface area (Å²) < 4.78 is 5.83. The average molecular weight is 255 g/mol. The Morgan fingerprint density at radius 2 is 2.11 bits per heavy atom. The van der Waals surface area contributed by atoms with Gasteiger partial charge in [0, 0.05) is 13.1 Å². The van der Waals surface area contributed by atoms with Crippen molar-refractivity contribution in [1.82, 2.24) is 5.32 Å². The van der Waals surface area contributed by atoms with E-state index in [4.69, 9.17) is 4.74 Å². The molecule has 1 fully saturated rings. The number of aliphatic hydroxyl groups is 1. The van der Waals surface area contributed by atoms with Gasteiger partial charge in [-0.15, -0.1) is 0 Å². The number of aliphatic hydroxyl groups excluding tert-OH is 1. The molecule has 3 heteroatoms. The molecule has 2 N–H and O–H groups in total. The summed E-state index contributed by atoms with van der Waals surface area (Å²) in [5.74, 6) is 0.643. The molecule has 0 spiro atoms. The van der Waals surface area contributed by atoms with Gasteiger partial charge in [-0.3, -0.25) is 0 Å². The van der Waals surface area contributed by atoms with E-state index in [2.05, 4.69) is 32.2 Å². The highest BCUT2D eigenvalue weighted by molar-refractivity contribution is 4.94. The fourth-order valence-corrected chi connectivity index (χ4v) is 2.35. The maximum atomic E-state index is 9.82. The SMILES string of the molecule is CC(C)=CCNCC(O)COC1CCCCC1C. The minimum atomic E-state index is -0.398. The first-order valence-corrected chi connectivity index (χ1v) is 7.23. The van der Waals surface area contributed by atoms with E-state index < -0.39 is 6.10 Å². The Bertz CT molecular complexity index is 249. The first-order chi connectivity index (χ1) is 8.59. The van der Waals surface area contributed by atoms with Crippen LogP contribution in [-0.4, -0.2) is 37.0 Å². The lowest BCUT2D eigenvalue weighted by Crippen LogP contribution is -2.34. The van der Waals surface area contributed by atoms with Crippen molar-refractivity contribution in [3.63, 3.8) is 0 Å². The topological polar surface area (TPSA) is 41.5 Å². The van der Waals surface area contributed by atoms with Crippen LogP contribution in [0.2, 0.25) is 0 Å². The van der Waals surface area contributed by atoms with Gasteiger partial charge in [0.2, 0.25) is 0 Å². The molecule has 1 saturated carbocycles. The first-order valence-electron chi connectivity index (χ1n) is 7.23. The van der Waals surface area contributed by atoms with Crippen LogP contribution in [0.25, 0.3) is 0 Å². The summed E-state index contributed by atoms with van der Waals surface area (Å²) in [6.07, 6.45) is 7.09. The summed E-state index contributed by atoms with van der Waals surface area (Å²) in [5.41, 5.74) is 1.30. The van der Waals surface area contributed by atoms with Crippen molar-refractivity contribution >= 4 is 0 Å². The molecule has 18 heavy (non-hydrogen) atoms. The van der Waals surface area contributed by atoms with Crippen molar-refractivity contribution < 1.29 is 9.84 Å². The molecular formula is C15H29NO2. The van der Waals surface area contributed by atoms with Crippen LogP contribution in [0.4, 0.5) is 0 Å². The van der Waals surface area contributed by atoms with Crippen molar-refractivity contribution in [2.75, 3.05) is 19.7 Å². The smallest absolute Gasteiger partial charge is 0.0897 e. The third-order valence-corrected chi connectivity index (χ3v) is 3.57. The molecule has 0 amide bonds. The number of rotatable bonds is 7. The van der Waals surface area contributed by atoms with Gasteiger partial charge in [-0.1, -0.05) is 31.4 Å². The van der Waals surface area contributed by atoms with E-state index in [1.54, 1.807) is 0 Å². The third kappa shape index (κ3) is 6.53. The summed E-state index contributed by atoms with van der Waals surface area (Å²) in [6, 6.07) is 0. The summed E-state index contributed by atoms with van der Waals surface area (Å²) in [5, 5.41) is 13.0. The summed E-state index contributed by atoms with van der Waals surface area (Å²) >= 11 is 0. The van der Waals surface area contributed by atoms with E-state index >= 15 is 0 Å². The monoisotopic (exact) mass is 255 g/mol.